The van der Waals surface area contributed by atoms with E-state index >= 15 is 0 Å². The van der Waals surface area contributed by atoms with Crippen molar-refractivity contribution in [3.63, 3.8) is 0 Å². The van der Waals surface area contributed by atoms with Gasteiger partial charge in [-0.3, -0.25) is 0 Å². The Bertz CT molecular complexity index is 540. The first-order valence-corrected chi connectivity index (χ1v) is 7.15. The zero-order valence-electron chi connectivity index (χ0n) is 10.8. The lowest BCUT2D eigenvalue weighted by molar-refractivity contribution is -0.0812. The molecule has 0 bridgehead atoms. The molecule has 20 heavy (non-hydrogen) atoms. The minimum Gasteiger partial charge on any atom is -0.437 e. The Morgan fingerprint density at radius 2 is 2.05 bits per heavy atom. The Kier molecular flexibility index (Phi) is 3.29. The van der Waals surface area contributed by atoms with Crippen LogP contribution in [0.1, 0.15) is 12.0 Å². The Morgan fingerprint density at radius 3 is 2.55 bits per heavy atom. The maximum atomic E-state index is 14.8. The quantitative estimate of drug-likeness (QED) is 0.687. The Labute approximate surface area is 126 Å². The fourth-order valence-electron chi connectivity index (χ4n) is 3.23. The smallest absolute Gasteiger partial charge is 0.376 e. The summed E-state index contributed by atoms with van der Waals surface area (Å²) in [4.78, 5) is 5.37. The molecule has 1 N–H and O–H groups in total. The summed E-state index contributed by atoms with van der Waals surface area (Å²) in [5.41, 5.74) is -1.31. The maximum absolute atomic E-state index is 14.8. The average Bonchev–Trinajstić information content (AvgIpc) is 2.91. The minimum atomic E-state index is -3.03. The molecule has 1 saturated carbocycles. The van der Waals surface area contributed by atoms with Crippen molar-refractivity contribution in [2.45, 2.75) is 19.2 Å². The molecule has 108 valence electrons. The van der Waals surface area contributed by atoms with Crippen LogP contribution >= 0.6 is 23.2 Å². The summed E-state index contributed by atoms with van der Waals surface area (Å²) < 4.78 is 29.7. The Hall–Kier alpha value is -0.425. The number of piperidine rings is 1. The number of rotatable bonds is 3. The van der Waals surface area contributed by atoms with Crippen molar-refractivity contribution < 1.29 is 13.8 Å². The first-order chi connectivity index (χ1) is 9.26. The third-order valence-electron chi connectivity index (χ3n) is 4.45. The van der Waals surface area contributed by atoms with Crippen molar-refractivity contribution in [3.8, 4) is 0 Å². The molecule has 2 atom stereocenters. The highest BCUT2D eigenvalue weighted by Crippen LogP contribution is 2.69. The van der Waals surface area contributed by atoms with E-state index in [1.807, 2.05) is 0 Å². The molecule has 1 aromatic heterocycles. The molecule has 1 saturated heterocycles. The van der Waals surface area contributed by atoms with Crippen molar-refractivity contribution in [1.29, 1.82) is 0 Å². The van der Waals surface area contributed by atoms with Gasteiger partial charge in [0.15, 0.2) is 0 Å². The number of hydrogen-bond acceptors (Lipinski definition) is 3. The van der Waals surface area contributed by atoms with Crippen molar-refractivity contribution in [1.82, 2.24) is 9.79 Å². The molecule has 2 aliphatic rings. The number of fused-ring (bicyclic) bond motifs is 1. The van der Waals surface area contributed by atoms with Gasteiger partial charge in [0.05, 0.1) is 5.41 Å². The van der Waals surface area contributed by atoms with E-state index in [-0.39, 0.29) is 28.3 Å². The summed E-state index contributed by atoms with van der Waals surface area (Å²) in [7, 11) is -0.708. The van der Waals surface area contributed by atoms with E-state index in [9.17, 15) is 13.8 Å². The molecule has 1 aliphatic carbocycles. The minimum absolute atomic E-state index is 0.0360. The van der Waals surface area contributed by atoms with E-state index in [2.05, 4.69) is 4.98 Å². The van der Waals surface area contributed by atoms with Crippen LogP contribution in [-0.4, -0.2) is 35.0 Å². The van der Waals surface area contributed by atoms with Gasteiger partial charge < -0.3 is 9.83 Å². The topological polar surface area (TPSA) is 36.4 Å². The molecular weight excluding hydrogens is 308 g/mol. The number of pyridine rings is 1. The van der Waals surface area contributed by atoms with E-state index in [1.165, 1.54) is 12.1 Å². The maximum Gasteiger partial charge on any atom is 0.376 e. The molecule has 2 fully saturated rings. The summed E-state index contributed by atoms with van der Waals surface area (Å²) >= 11 is 11.4. The molecule has 0 amide bonds. The van der Waals surface area contributed by atoms with Gasteiger partial charge in [-0.15, -0.1) is 0 Å². The molecule has 0 aromatic carbocycles. The van der Waals surface area contributed by atoms with Crippen LogP contribution in [0, 0.1) is 11.3 Å². The van der Waals surface area contributed by atoms with Gasteiger partial charge in [0.2, 0.25) is 0 Å². The number of halogens is 4. The summed E-state index contributed by atoms with van der Waals surface area (Å²) in [6.45, 7) is 2.27. The van der Waals surface area contributed by atoms with E-state index in [4.69, 9.17) is 23.2 Å². The average molecular weight is 321 g/mol. The molecule has 3 rings (SSSR count). The zero-order chi connectivity index (χ0) is 14.7. The SMILES string of the molecule is CB(O)N1C[C@H]2C[C@@]2(C(F)(F)c2cc(Cl)nc(Cl)c2)C1. The highest BCUT2D eigenvalue weighted by Gasteiger charge is 2.73. The molecule has 0 radical (unpaired) electrons. The summed E-state index contributed by atoms with van der Waals surface area (Å²) in [5.74, 6) is -3.13. The van der Waals surface area contributed by atoms with Gasteiger partial charge >= 0.3 is 7.05 Å². The van der Waals surface area contributed by atoms with Crippen LogP contribution in [-0.2, 0) is 5.92 Å². The third-order valence-corrected chi connectivity index (χ3v) is 4.84. The van der Waals surface area contributed by atoms with Gasteiger partial charge in [-0.1, -0.05) is 23.2 Å². The molecule has 3 nitrogen and oxygen atoms in total. The van der Waals surface area contributed by atoms with Gasteiger partial charge in [0, 0.05) is 12.1 Å². The second kappa shape index (κ2) is 4.53. The fourth-order valence-corrected chi connectivity index (χ4v) is 3.69. The highest BCUT2D eigenvalue weighted by molar-refractivity contribution is 6.45. The lowest BCUT2D eigenvalue weighted by atomic mass is 9.83. The second-order valence-corrected chi connectivity index (χ2v) is 6.47. The number of nitrogens with zero attached hydrogens (tertiary/aromatic N) is 2. The van der Waals surface area contributed by atoms with Crippen LogP contribution in [0.4, 0.5) is 8.78 Å². The van der Waals surface area contributed by atoms with Crippen LogP contribution in [0.3, 0.4) is 0 Å². The molecule has 1 aromatic rings. The van der Waals surface area contributed by atoms with Gasteiger partial charge in [-0.2, -0.15) is 0 Å². The van der Waals surface area contributed by atoms with Crippen molar-refractivity contribution in [3.05, 3.63) is 28.0 Å². The largest absolute Gasteiger partial charge is 0.437 e. The molecule has 1 aliphatic heterocycles. The predicted octanol–water partition coefficient (Wildman–Crippen LogP) is 2.91. The lowest BCUT2D eigenvalue weighted by Gasteiger charge is -2.28. The number of hydrogen-bond donors (Lipinski definition) is 1. The summed E-state index contributed by atoms with van der Waals surface area (Å²) in [6.07, 6.45) is 0.459. The van der Waals surface area contributed by atoms with Crippen molar-refractivity contribution in [2.75, 3.05) is 13.1 Å². The molecule has 2 heterocycles. The zero-order valence-corrected chi connectivity index (χ0v) is 12.3. The number of aromatic nitrogens is 1. The summed E-state index contributed by atoms with van der Waals surface area (Å²) in [6, 6.07) is 2.34. The van der Waals surface area contributed by atoms with Crippen molar-refractivity contribution >= 4 is 30.3 Å². The molecule has 0 spiro atoms. The predicted molar refractivity (Wildman–Crippen MR) is 74.1 cm³/mol. The van der Waals surface area contributed by atoms with E-state index in [0.29, 0.717) is 13.0 Å². The van der Waals surface area contributed by atoms with Crippen LogP contribution in [0.5, 0.6) is 0 Å². The van der Waals surface area contributed by atoms with Gasteiger partial charge in [0.25, 0.3) is 5.92 Å². The molecule has 8 heteroatoms. The number of alkyl halides is 2. The second-order valence-electron chi connectivity index (χ2n) is 5.69. The highest BCUT2D eigenvalue weighted by atomic mass is 35.5. The van der Waals surface area contributed by atoms with Gasteiger partial charge in [-0.25, -0.2) is 13.8 Å². The van der Waals surface area contributed by atoms with E-state index < -0.39 is 18.4 Å². The van der Waals surface area contributed by atoms with Crippen LogP contribution in [0.15, 0.2) is 12.1 Å². The normalized spacial score (nSPS) is 29.4. The Morgan fingerprint density at radius 1 is 1.45 bits per heavy atom. The van der Waals surface area contributed by atoms with Crippen LogP contribution in [0.2, 0.25) is 17.1 Å². The van der Waals surface area contributed by atoms with Crippen molar-refractivity contribution in [2.24, 2.45) is 11.3 Å². The lowest BCUT2D eigenvalue weighted by Crippen LogP contribution is -2.40. The van der Waals surface area contributed by atoms with E-state index in [1.54, 1.807) is 11.6 Å². The Balaban J connectivity index is 1.93. The molecule has 0 unspecified atom stereocenters. The monoisotopic (exact) mass is 320 g/mol. The van der Waals surface area contributed by atoms with E-state index in [0.717, 1.165) is 0 Å². The third kappa shape index (κ3) is 2.05. The standard InChI is InChI=1S/C12H13BCl2F2N2O/c1-13(20)19-5-8-4-11(8,6-19)12(16,17)7-2-9(14)18-10(15)3-7/h2-3,8,20H,4-6H2,1H3/t8-,11-/m1/s1. The van der Waals surface area contributed by atoms with Crippen LogP contribution in [0.25, 0.3) is 0 Å². The van der Waals surface area contributed by atoms with Crippen LogP contribution < -0.4 is 0 Å². The first kappa shape index (κ1) is 14.5. The molecular formula is C12H13BCl2F2N2O. The van der Waals surface area contributed by atoms with Gasteiger partial charge in [-0.05, 0) is 37.8 Å². The summed E-state index contributed by atoms with van der Waals surface area (Å²) in [5, 5.41) is 9.49. The first-order valence-electron chi connectivity index (χ1n) is 6.40. The van der Waals surface area contributed by atoms with Gasteiger partial charge in [0.1, 0.15) is 10.3 Å². The fraction of sp³-hybridized carbons (Fsp3) is 0.583.